The predicted octanol–water partition coefficient (Wildman–Crippen LogP) is 3.55. The molecule has 0 aliphatic heterocycles. The standard InChI is InChI=1S/C22H17F2N3O3/c1-13-19(21(28)26-11-14-5-7-15(23)8-6-14)16-3-2-4-17(24)20(16)22(29)27(13)12-18-25-9-10-30-18/h2-10H,11-12H2,1H3,(H,26,28). The van der Waals surface area contributed by atoms with E-state index in [1.54, 1.807) is 19.1 Å². The zero-order chi connectivity index (χ0) is 21.3. The van der Waals surface area contributed by atoms with Crippen LogP contribution in [0.4, 0.5) is 8.78 Å². The second kappa shape index (κ2) is 7.90. The number of hydrogen-bond donors (Lipinski definition) is 1. The number of aromatic nitrogens is 2. The van der Waals surface area contributed by atoms with Gasteiger partial charge in [-0.3, -0.25) is 9.59 Å². The summed E-state index contributed by atoms with van der Waals surface area (Å²) in [7, 11) is 0. The van der Waals surface area contributed by atoms with Crippen LogP contribution in [0.2, 0.25) is 0 Å². The van der Waals surface area contributed by atoms with E-state index >= 15 is 0 Å². The average Bonchev–Trinajstić information content (AvgIpc) is 3.24. The Bertz CT molecular complexity index is 1280. The van der Waals surface area contributed by atoms with Crippen molar-refractivity contribution in [3.8, 4) is 0 Å². The summed E-state index contributed by atoms with van der Waals surface area (Å²) in [6.45, 7) is 1.72. The van der Waals surface area contributed by atoms with E-state index in [0.29, 0.717) is 11.3 Å². The van der Waals surface area contributed by atoms with E-state index in [1.807, 2.05) is 0 Å². The number of amides is 1. The number of halogens is 2. The number of nitrogens with one attached hydrogen (secondary N) is 1. The monoisotopic (exact) mass is 409 g/mol. The highest BCUT2D eigenvalue weighted by molar-refractivity contribution is 6.07. The molecular formula is C22H17F2N3O3. The number of fused-ring (bicyclic) bond motifs is 1. The Hall–Kier alpha value is -3.81. The number of oxazole rings is 1. The SMILES string of the molecule is Cc1c(C(=O)NCc2ccc(F)cc2)c2cccc(F)c2c(=O)n1Cc1ncco1. The molecule has 0 unspecified atom stereocenters. The highest BCUT2D eigenvalue weighted by Gasteiger charge is 2.22. The van der Waals surface area contributed by atoms with Crippen LogP contribution in [0.1, 0.15) is 27.5 Å². The van der Waals surface area contributed by atoms with Crippen molar-refractivity contribution >= 4 is 16.7 Å². The molecule has 8 heteroatoms. The Labute approximate surface area is 169 Å². The van der Waals surface area contributed by atoms with Gasteiger partial charge < -0.3 is 14.3 Å². The molecule has 1 N–H and O–H groups in total. The van der Waals surface area contributed by atoms with E-state index in [4.69, 9.17) is 4.42 Å². The summed E-state index contributed by atoms with van der Waals surface area (Å²) in [4.78, 5) is 30.0. The van der Waals surface area contributed by atoms with Gasteiger partial charge in [-0.1, -0.05) is 24.3 Å². The van der Waals surface area contributed by atoms with Gasteiger partial charge in [0.15, 0.2) is 0 Å². The lowest BCUT2D eigenvalue weighted by Crippen LogP contribution is -2.31. The third-order valence-corrected chi connectivity index (χ3v) is 4.88. The highest BCUT2D eigenvalue weighted by Crippen LogP contribution is 2.22. The van der Waals surface area contributed by atoms with Crippen molar-refractivity contribution in [2.75, 3.05) is 0 Å². The van der Waals surface area contributed by atoms with Gasteiger partial charge in [0, 0.05) is 17.6 Å². The summed E-state index contributed by atoms with van der Waals surface area (Å²) >= 11 is 0. The van der Waals surface area contributed by atoms with Gasteiger partial charge in [-0.05, 0) is 30.7 Å². The second-order valence-electron chi connectivity index (χ2n) is 6.75. The summed E-state index contributed by atoms with van der Waals surface area (Å²) < 4.78 is 34.1. The van der Waals surface area contributed by atoms with Gasteiger partial charge in [-0.15, -0.1) is 0 Å². The fraction of sp³-hybridized carbons (Fsp3) is 0.136. The maximum atomic E-state index is 14.5. The number of carbonyl (C=O) groups is 1. The van der Waals surface area contributed by atoms with Gasteiger partial charge in [-0.25, -0.2) is 13.8 Å². The van der Waals surface area contributed by atoms with Crippen LogP contribution in [0.5, 0.6) is 0 Å². The maximum absolute atomic E-state index is 14.5. The van der Waals surface area contributed by atoms with Gasteiger partial charge >= 0.3 is 0 Å². The molecule has 0 radical (unpaired) electrons. The number of hydrogen-bond acceptors (Lipinski definition) is 4. The predicted molar refractivity (Wildman–Crippen MR) is 106 cm³/mol. The van der Waals surface area contributed by atoms with E-state index in [0.717, 1.165) is 0 Å². The van der Waals surface area contributed by atoms with Crippen molar-refractivity contribution in [1.29, 1.82) is 0 Å². The molecule has 4 rings (SSSR count). The fourth-order valence-corrected chi connectivity index (χ4v) is 3.38. The Kier molecular flexibility index (Phi) is 5.14. The van der Waals surface area contributed by atoms with E-state index in [-0.39, 0.29) is 41.1 Å². The first-order valence-electron chi connectivity index (χ1n) is 9.18. The lowest BCUT2D eigenvalue weighted by atomic mass is 10.0. The number of benzene rings is 2. The normalized spacial score (nSPS) is 11.0. The average molecular weight is 409 g/mol. The summed E-state index contributed by atoms with van der Waals surface area (Å²) in [6.07, 6.45) is 2.81. The first kappa shape index (κ1) is 19.5. The molecule has 0 aliphatic carbocycles. The van der Waals surface area contributed by atoms with Crippen LogP contribution in [-0.4, -0.2) is 15.5 Å². The molecule has 2 heterocycles. The quantitative estimate of drug-likeness (QED) is 0.547. The Morgan fingerprint density at radius 1 is 1.17 bits per heavy atom. The molecule has 152 valence electrons. The number of nitrogens with zero attached hydrogens (tertiary/aromatic N) is 2. The Morgan fingerprint density at radius 3 is 2.63 bits per heavy atom. The van der Waals surface area contributed by atoms with Gasteiger partial charge in [0.05, 0.1) is 17.1 Å². The van der Waals surface area contributed by atoms with Crippen molar-refractivity contribution in [2.24, 2.45) is 0 Å². The Balaban J connectivity index is 1.79. The molecule has 0 aliphatic rings. The minimum Gasteiger partial charge on any atom is -0.447 e. The fourth-order valence-electron chi connectivity index (χ4n) is 3.38. The molecule has 4 aromatic rings. The van der Waals surface area contributed by atoms with Crippen molar-refractivity contribution in [1.82, 2.24) is 14.9 Å². The van der Waals surface area contributed by atoms with Gasteiger partial charge in [0.2, 0.25) is 5.89 Å². The van der Waals surface area contributed by atoms with Crippen molar-refractivity contribution in [3.63, 3.8) is 0 Å². The maximum Gasteiger partial charge on any atom is 0.262 e. The van der Waals surface area contributed by atoms with E-state index < -0.39 is 17.3 Å². The van der Waals surface area contributed by atoms with Crippen molar-refractivity contribution in [3.05, 3.63) is 99.6 Å². The minimum atomic E-state index is -0.716. The number of carbonyl (C=O) groups excluding carboxylic acids is 1. The van der Waals surface area contributed by atoms with Crippen molar-refractivity contribution < 1.29 is 18.0 Å². The summed E-state index contributed by atoms with van der Waals surface area (Å²) in [5.74, 6) is -1.31. The van der Waals surface area contributed by atoms with Crippen LogP contribution in [0, 0.1) is 18.6 Å². The zero-order valence-electron chi connectivity index (χ0n) is 16.0. The van der Waals surface area contributed by atoms with Gasteiger partial charge in [0.1, 0.15) is 24.4 Å². The molecule has 2 aromatic heterocycles. The summed E-state index contributed by atoms with van der Waals surface area (Å²) in [6, 6.07) is 9.88. The smallest absolute Gasteiger partial charge is 0.262 e. The lowest BCUT2D eigenvalue weighted by Gasteiger charge is -2.16. The molecule has 6 nitrogen and oxygen atoms in total. The van der Waals surface area contributed by atoms with E-state index in [9.17, 15) is 18.4 Å². The number of rotatable bonds is 5. The van der Waals surface area contributed by atoms with E-state index in [1.165, 1.54) is 47.4 Å². The molecule has 0 atom stereocenters. The zero-order valence-corrected chi connectivity index (χ0v) is 16.0. The van der Waals surface area contributed by atoms with Crippen molar-refractivity contribution in [2.45, 2.75) is 20.0 Å². The van der Waals surface area contributed by atoms with Crippen LogP contribution in [0.15, 0.2) is 64.1 Å². The molecule has 0 bridgehead atoms. The highest BCUT2D eigenvalue weighted by atomic mass is 19.1. The van der Waals surface area contributed by atoms with Crippen LogP contribution >= 0.6 is 0 Å². The van der Waals surface area contributed by atoms with Crippen LogP contribution < -0.4 is 10.9 Å². The van der Waals surface area contributed by atoms with Crippen LogP contribution in [0.3, 0.4) is 0 Å². The van der Waals surface area contributed by atoms with E-state index in [2.05, 4.69) is 10.3 Å². The first-order chi connectivity index (χ1) is 14.5. The molecule has 0 saturated heterocycles. The second-order valence-corrected chi connectivity index (χ2v) is 6.75. The van der Waals surface area contributed by atoms with Gasteiger partial charge in [0.25, 0.3) is 11.5 Å². The molecule has 0 fully saturated rings. The summed E-state index contributed by atoms with van der Waals surface area (Å²) in [5, 5.41) is 2.80. The third kappa shape index (κ3) is 3.59. The molecule has 0 spiro atoms. The minimum absolute atomic E-state index is 0.0415. The van der Waals surface area contributed by atoms with Crippen LogP contribution in [-0.2, 0) is 13.1 Å². The molecule has 2 aromatic carbocycles. The largest absolute Gasteiger partial charge is 0.447 e. The molecule has 0 saturated carbocycles. The number of pyridine rings is 1. The molecular weight excluding hydrogens is 392 g/mol. The third-order valence-electron chi connectivity index (χ3n) is 4.88. The first-order valence-corrected chi connectivity index (χ1v) is 9.18. The van der Waals surface area contributed by atoms with Crippen LogP contribution in [0.25, 0.3) is 10.8 Å². The molecule has 30 heavy (non-hydrogen) atoms. The summed E-state index contributed by atoms with van der Waals surface area (Å²) in [5.41, 5.74) is 0.658. The molecule has 1 amide bonds. The topological polar surface area (TPSA) is 77.1 Å². The van der Waals surface area contributed by atoms with Gasteiger partial charge in [-0.2, -0.15) is 0 Å². The Morgan fingerprint density at radius 2 is 1.93 bits per heavy atom. The lowest BCUT2D eigenvalue weighted by molar-refractivity contribution is 0.0951.